The normalized spacial score (nSPS) is 11.8. The first-order valence-corrected chi connectivity index (χ1v) is 8.29. The molecule has 3 rings (SSSR count). The molecule has 0 aliphatic carbocycles. The van der Waals surface area contributed by atoms with Crippen molar-refractivity contribution in [3.63, 3.8) is 0 Å². The lowest BCUT2D eigenvalue weighted by molar-refractivity contribution is 0.310. The van der Waals surface area contributed by atoms with Crippen LogP contribution in [0.1, 0.15) is 24.4 Å². The maximum atomic E-state index is 6.36. The lowest BCUT2D eigenvalue weighted by Gasteiger charge is -2.14. The van der Waals surface area contributed by atoms with Crippen molar-refractivity contribution in [3.8, 4) is 28.6 Å². The number of hydrogen-bond donors (Lipinski definition) is 2. The first-order valence-electron chi connectivity index (χ1n) is 8.29. The Labute approximate surface area is 152 Å². The molecule has 0 bridgehead atoms. The maximum Gasteiger partial charge on any atom is 0.181 e. The number of methoxy groups -OCH3 is 2. The summed E-state index contributed by atoms with van der Waals surface area (Å²) in [7, 11) is 3.24. The highest BCUT2D eigenvalue weighted by atomic mass is 16.5. The molecule has 136 valence electrons. The first kappa shape index (κ1) is 17.8. The fraction of sp³-hybridized carbons (Fsp3) is 0.263. The number of nitrogens with two attached hydrogens (primary N) is 1. The van der Waals surface area contributed by atoms with Crippen molar-refractivity contribution in [2.24, 2.45) is 5.73 Å². The Balaban J connectivity index is 1.85. The molecule has 1 heterocycles. The minimum absolute atomic E-state index is 0.459. The largest absolute Gasteiger partial charge is 0.497 e. The van der Waals surface area contributed by atoms with E-state index in [-0.39, 0.29) is 0 Å². The Kier molecular flexibility index (Phi) is 5.38. The monoisotopic (exact) mass is 354 g/mol. The Bertz CT molecular complexity index is 861. The summed E-state index contributed by atoms with van der Waals surface area (Å²) in [5.74, 6) is 3.25. The smallest absolute Gasteiger partial charge is 0.181 e. The van der Waals surface area contributed by atoms with Crippen molar-refractivity contribution in [3.05, 3.63) is 53.9 Å². The van der Waals surface area contributed by atoms with Crippen molar-refractivity contribution in [2.75, 3.05) is 20.8 Å². The molecule has 7 heteroatoms. The Morgan fingerprint density at radius 2 is 1.81 bits per heavy atom. The van der Waals surface area contributed by atoms with E-state index in [4.69, 9.17) is 19.9 Å². The molecule has 0 unspecified atom stereocenters. The van der Waals surface area contributed by atoms with Gasteiger partial charge in [-0.15, -0.1) is 0 Å². The van der Waals surface area contributed by atoms with Crippen LogP contribution in [0, 0.1) is 0 Å². The minimum Gasteiger partial charge on any atom is -0.497 e. The molecule has 0 aliphatic heterocycles. The van der Waals surface area contributed by atoms with E-state index < -0.39 is 6.04 Å². The van der Waals surface area contributed by atoms with Crippen LogP contribution < -0.4 is 19.9 Å². The minimum atomic E-state index is -0.459. The summed E-state index contributed by atoms with van der Waals surface area (Å²) in [6.45, 7) is 2.46. The molecule has 0 saturated heterocycles. The van der Waals surface area contributed by atoms with Crippen LogP contribution in [0.25, 0.3) is 11.4 Å². The van der Waals surface area contributed by atoms with E-state index in [1.165, 1.54) is 0 Å². The summed E-state index contributed by atoms with van der Waals surface area (Å²) < 4.78 is 16.1. The second kappa shape index (κ2) is 7.88. The molecule has 1 atom stereocenters. The third-order valence-corrected chi connectivity index (χ3v) is 3.99. The first-order chi connectivity index (χ1) is 12.7. The Morgan fingerprint density at radius 3 is 2.46 bits per heavy atom. The lowest BCUT2D eigenvalue weighted by atomic mass is 10.1. The molecule has 7 nitrogen and oxygen atoms in total. The highest BCUT2D eigenvalue weighted by Gasteiger charge is 2.17. The van der Waals surface area contributed by atoms with Gasteiger partial charge in [-0.1, -0.05) is 6.07 Å². The molecule has 0 amide bonds. The van der Waals surface area contributed by atoms with Crippen molar-refractivity contribution in [2.45, 2.75) is 13.0 Å². The van der Waals surface area contributed by atoms with Crippen LogP contribution in [0.4, 0.5) is 0 Å². The van der Waals surface area contributed by atoms with Gasteiger partial charge in [0.25, 0.3) is 0 Å². The number of aromatic amines is 1. The third-order valence-electron chi connectivity index (χ3n) is 3.99. The Morgan fingerprint density at radius 1 is 1.04 bits per heavy atom. The van der Waals surface area contributed by atoms with Gasteiger partial charge in [0.1, 0.15) is 11.6 Å². The zero-order valence-electron chi connectivity index (χ0n) is 15.0. The zero-order valence-corrected chi connectivity index (χ0v) is 15.0. The number of aromatic nitrogens is 3. The van der Waals surface area contributed by atoms with Gasteiger partial charge in [0, 0.05) is 5.56 Å². The van der Waals surface area contributed by atoms with Crippen LogP contribution in [0.2, 0.25) is 0 Å². The summed E-state index contributed by atoms with van der Waals surface area (Å²) in [4.78, 5) is 4.53. The summed E-state index contributed by atoms with van der Waals surface area (Å²) in [6, 6.07) is 12.7. The van der Waals surface area contributed by atoms with Crippen molar-refractivity contribution < 1.29 is 14.2 Å². The second-order valence-corrected chi connectivity index (χ2v) is 5.59. The zero-order chi connectivity index (χ0) is 18.5. The summed E-state index contributed by atoms with van der Waals surface area (Å²) in [6.07, 6.45) is 0. The van der Waals surface area contributed by atoms with Crippen LogP contribution in [-0.2, 0) is 0 Å². The number of nitrogens with one attached hydrogen (secondary N) is 1. The van der Waals surface area contributed by atoms with Crippen LogP contribution >= 0.6 is 0 Å². The van der Waals surface area contributed by atoms with E-state index in [1.807, 2.05) is 49.4 Å². The number of nitrogens with zero attached hydrogens (tertiary/aromatic N) is 2. The molecule has 0 saturated carbocycles. The molecule has 3 N–H and O–H groups in total. The van der Waals surface area contributed by atoms with Gasteiger partial charge >= 0.3 is 0 Å². The van der Waals surface area contributed by atoms with Gasteiger partial charge in [-0.3, -0.25) is 5.10 Å². The standard InChI is InChI=1S/C19H22N4O3/c1-4-26-16-11-13(7-10-15(16)25-3)17(20)19-21-18(22-23-19)12-5-8-14(24-2)9-6-12/h5-11,17H,4,20H2,1-3H3,(H,21,22,23)/t17-/m1/s1. The molecule has 0 spiro atoms. The SMILES string of the molecule is CCOc1cc([C@@H](N)c2nc(-c3ccc(OC)cc3)n[nH]2)ccc1OC. The number of rotatable bonds is 7. The van der Waals surface area contributed by atoms with Gasteiger partial charge in [-0.05, 0) is 48.9 Å². The maximum absolute atomic E-state index is 6.36. The van der Waals surface area contributed by atoms with Crippen LogP contribution in [0.3, 0.4) is 0 Å². The number of ether oxygens (including phenoxy) is 3. The number of benzene rings is 2. The van der Waals surface area contributed by atoms with Crippen LogP contribution in [0.5, 0.6) is 17.2 Å². The average molecular weight is 354 g/mol. The summed E-state index contributed by atoms with van der Waals surface area (Å²) >= 11 is 0. The van der Waals surface area contributed by atoms with E-state index in [9.17, 15) is 0 Å². The van der Waals surface area contributed by atoms with Crippen LogP contribution in [0.15, 0.2) is 42.5 Å². The lowest BCUT2D eigenvalue weighted by Crippen LogP contribution is -2.14. The van der Waals surface area contributed by atoms with Crippen molar-refractivity contribution >= 4 is 0 Å². The van der Waals surface area contributed by atoms with E-state index in [1.54, 1.807) is 14.2 Å². The van der Waals surface area contributed by atoms with E-state index in [2.05, 4.69) is 15.2 Å². The van der Waals surface area contributed by atoms with Gasteiger partial charge in [0.05, 0.1) is 26.9 Å². The molecule has 3 aromatic rings. The average Bonchev–Trinajstić information content (AvgIpc) is 3.18. The third kappa shape index (κ3) is 3.62. The Hall–Kier alpha value is -3.06. The molecule has 0 radical (unpaired) electrons. The van der Waals surface area contributed by atoms with Crippen molar-refractivity contribution in [1.29, 1.82) is 0 Å². The summed E-state index contributed by atoms with van der Waals surface area (Å²) in [5, 5.41) is 7.19. The molecule has 0 fully saturated rings. The van der Waals surface area contributed by atoms with Gasteiger partial charge in [-0.2, -0.15) is 5.10 Å². The van der Waals surface area contributed by atoms with Gasteiger partial charge < -0.3 is 19.9 Å². The van der Waals surface area contributed by atoms with Crippen molar-refractivity contribution in [1.82, 2.24) is 15.2 Å². The fourth-order valence-electron chi connectivity index (χ4n) is 2.60. The molecule has 0 aliphatic rings. The van der Waals surface area contributed by atoms with E-state index in [0.29, 0.717) is 29.8 Å². The van der Waals surface area contributed by atoms with Gasteiger partial charge in [-0.25, -0.2) is 4.98 Å². The van der Waals surface area contributed by atoms with E-state index >= 15 is 0 Å². The molecular weight excluding hydrogens is 332 g/mol. The predicted molar refractivity (Wildman–Crippen MR) is 98.6 cm³/mol. The van der Waals surface area contributed by atoms with Gasteiger partial charge in [0.15, 0.2) is 17.3 Å². The molecular formula is C19H22N4O3. The number of hydrogen-bond acceptors (Lipinski definition) is 6. The fourth-order valence-corrected chi connectivity index (χ4v) is 2.60. The molecule has 2 aromatic carbocycles. The highest BCUT2D eigenvalue weighted by molar-refractivity contribution is 5.56. The second-order valence-electron chi connectivity index (χ2n) is 5.59. The molecule has 1 aromatic heterocycles. The number of H-pyrrole nitrogens is 1. The topological polar surface area (TPSA) is 95.3 Å². The summed E-state index contributed by atoms with van der Waals surface area (Å²) in [5.41, 5.74) is 8.09. The van der Waals surface area contributed by atoms with Crippen LogP contribution in [-0.4, -0.2) is 36.0 Å². The highest BCUT2D eigenvalue weighted by Crippen LogP contribution is 2.31. The quantitative estimate of drug-likeness (QED) is 0.677. The van der Waals surface area contributed by atoms with Gasteiger partial charge in [0.2, 0.25) is 0 Å². The molecule has 26 heavy (non-hydrogen) atoms. The predicted octanol–water partition coefficient (Wildman–Crippen LogP) is 2.94. The van der Waals surface area contributed by atoms with E-state index in [0.717, 1.165) is 16.9 Å².